The first kappa shape index (κ1) is 20.6. The lowest BCUT2D eigenvalue weighted by Crippen LogP contribution is -2.16. The van der Waals surface area contributed by atoms with Crippen LogP contribution in [-0.4, -0.2) is 30.6 Å². The molecule has 1 N–H and O–H groups in total. The van der Waals surface area contributed by atoms with Crippen molar-refractivity contribution in [3.63, 3.8) is 0 Å². The number of nitrogens with one attached hydrogen (secondary N) is 1. The molecule has 0 atom stereocenters. The highest BCUT2D eigenvalue weighted by Gasteiger charge is 2.28. The highest BCUT2D eigenvalue weighted by Crippen LogP contribution is 2.35. The zero-order valence-corrected chi connectivity index (χ0v) is 16.9. The van der Waals surface area contributed by atoms with Gasteiger partial charge in [0, 0.05) is 5.56 Å². The average molecular weight is 389 g/mol. The lowest BCUT2D eigenvalue weighted by Gasteiger charge is -2.08. The van der Waals surface area contributed by atoms with E-state index in [4.69, 9.17) is 9.47 Å². The summed E-state index contributed by atoms with van der Waals surface area (Å²) in [5.41, 5.74) is 1.91. The van der Waals surface area contributed by atoms with E-state index in [-0.39, 0.29) is 34.1 Å². The maximum Gasteiger partial charge on any atom is 0.348 e. The first-order valence-electron chi connectivity index (χ1n) is 8.64. The molecule has 7 heteroatoms. The fraction of sp³-hybridized carbons (Fsp3) is 0.350. The van der Waals surface area contributed by atoms with Gasteiger partial charge < -0.3 is 14.8 Å². The zero-order valence-electron chi connectivity index (χ0n) is 16.0. The van der Waals surface area contributed by atoms with Crippen LogP contribution in [0.15, 0.2) is 24.3 Å². The van der Waals surface area contributed by atoms with Crippen LogP contribution in [-0.2, 0) is 9.47 Å². The van der Waals surface area contributed by atoms with Gasteiger partial charge in [0.2, 0.25) is 0 Å². The number of thiophene rings is 1. The van der Waals surface area contributed by atoms with E-state index in [1.807, 2.05) is 19.1 Å². The minimum atomic E-state index is -0.588. The number of benzene rings is 1. The molecule has 1 amide bonds. The second-order valence-corrected chi connectivity index (χ2v) is 7.22. The summed E-state index contributed by atoms with van der Waals surface area (Å²) < 4.78 is 10.3. The predicted molar refractivity (Wildman–Crippen MR) is 105 cm³/mol. The standard InChI is InChI=1S/C20H23NO5S/c1-6-25-19(23)15-13(5)16(20(24)26-11(2)3)27-18(15)21-17(22)14-10-8-7-9-12(14)4/h7-11H,6H2,1-5H3,(H,21,22). The van der Waals surface area contributed by atoms with Crippen molar-refractivity contribution in [1.82, 2.24) is 0 Å². The SMILES string of the molecule is CCOC(=O)c1c(NC(=O)c2ccccc2C)sc(C(=O)OC(C)C)c1C. The second-order valence-electron chi connectivity index (χ2n) is 6.20. The number of hydrogen-bond donors (Lipinski definition) is 1. The van der Waals surface area contributed by atoms with E-state index in [0.29, 0.717) is 11.1 Å². The molecule has 27 heavy (non-hydrogen) atoms. The number of ether oxygens (including phenoxy) is 2. The number of hydrogen-bond acceptors (Lipinski definition) is 6. The first-order valence-corrected chi connectivity index (χ1v) is 9.46. The topological polar surface area (TPSA) is 81.7 Å². The fourth-order valence-corrected chi connectivity index (χ4v) is 3.58. The highest BCUT2D eigenvalue weighted by molar-refractivity contribution is 7.18. The summed E-state index contributed by atoms with van der Waals surface area (Å²) in [6, 6.07) is 7.13. The molecule has 6 nitrogen and oxygen atoms in total. The molecule has 0 spiro atoms. The predicted octanol–water partition coefficient (Wildman–Crippen LogP) is 4.36. The summed E-state index contributed by atoms with van der Waals surface area (Å²) in [7, 11) is 0. The van der Waals surface area contributed by atoms with E-state index in [1.54, 1.807) is 39.8 Å². The largest absolute Gasteiger partial charge is 0.462 e. The molecule has 0 aliphatic rings. The smallest absolute Gasteiger partial charge is 0.348 e. The van der Waals surface area contributed by atoms with Crippen LogP contribution < -0.4 is 5.32 Å². The van der Waals surface area contributed by atoms with Gasteiger partial charge in [0.1, 0.15) is 9.88 Å². The molecule has 2 aromatic rings. The Morgan fingerprint density at radius 2 is 1.78 bits per heavy atom. The van der Waals surface area contributed by atoms with Gasteiger partial charge in [-0.25, -0.2) is 9.59 Å². The normalized spacial score (nSPS) is 10.6. The summed E-state index contributed by atoms with van der Waals surface area (Å²) in [4.78, 5) is 37.7. The van der Waals surface area contributed by atoms with Crippen LogP contribution in [0.3, 0.4) is 0 Å². The minimum Gasteiger partial charge on any atom is -0.462 e. The Balaban J connectivity index is 2.44. The third-order valence-electron chi connectivity index (χ3n) is 3.77. The molecular weight excluding hydrogens is 366 g/mol. The Morgan fingerprint density at radius 1 is 1.11 bits per heavy atom. The van der Waals surface area contributed by atoms with Crippen molar-refractivity contribution >= 4 is 34.2 Å². The van der Waals surface area contributed by atoms with Gasteiger partial charge in [0.25, 0.3) is 5.91 Å². The van der Waals surface area contributed by atoms with Gasteiger partial charge in [0.05, 0.1) is 18.3 Å². The van der Waals surface area contributed by atoms with E-state index >= 15 is 0 Å². The summed E-state index contributed by atoms with van der Waals surface area (Å²) >= 11 is 1.01. The van der Waals surface area contributed by atoms with Gasteiger partial charge in [-0.2, -0.15) is 0 Å². The third kappa shape index (κ3) is 4.74. The molecule has 0 saturated heterocycles. The minimum absolute atomic E-state index is 0.180. The van der Waals surface area contributed by atoms with Gasteiger partial charge in [-0.1, -0.05) is 18.2 Å². The zero-order chi connectivity index (χ0) is 20.1. The number of carbonyl (C=O) groups excluding carboxylic acids is 3. The number of rotatable bonds is 6. The monoisotopic (exact) mass is 389 g/mol. The molecule has 1 heterocycles. The van der Waals surface area contributed by atoms with Crippen LogP contribution in [0.2, 0.25) is 0 Å². The van der Waals surface area contributed by atoms with E-state index in [2.05, 4.69) is 5.32 Å². The summed E-state index contributed by atoms with van der Waals surface area (Å²) in [6.45, 7) is 8.83. The Morgan fingerprint density at radius 3 is 2.37 bits per heavy atom. The molecule has 2 rings (SSSR count). The van der Waals surface area contributed by atoms with Crippen LogP contribution in [0.1, 0.15) is 62.3 Å². The quantitative estimate of drug-likeness (QED) is 0.743. The molecular formula is C20H23NO5S. The highest BCUT2D eigenvalue weighted by atomic mass is 32.1. The van der Waals surface area contributed by atoms with Crippen molar-refractivity contribution in [2.45, 2.75) is 40.7 Å². The van der Waals surface area contributed by atoms with Crippen LogP contribution in [0, 0.1) is 13.8 Å². The van der Waals surface area contributed by atoms with Crippen LogP contribution in [0.5, 0.6) is 0 Å². The number of anilines is 1. The van der Waals surface area contributed by atoms with Crippen molar-refractivity contribution in [3.8, 4) is 0 Å². The summed E-state index contributed by atoms with van der Waals surface area (Å²) in [5.74, 6) is -1.48. The van der Waals surface area contributed by atoms with Crippen LogP contribution in [0.25, 0.3) is 0 Å². The number of carbonyl (C=O) groups is 3. The van der Waals surface area contributed by atoms with E-state index in [0.717, 1.165) is 16.9 Å². The average Bonchev–Trinajstić information content (AvgIpc) is 2.91. The molecule has 144 valence electrons. The Labute approximate surface area is 162 Å². The van der Waals surface area contributed by atoms with E-state index in [1.165, 1.54) is 0 Å². The van der Waals surface area contributed by atoms with Crippen LogP contribution >= 0.6 is 11.3 Å². The Hall–Kier alpha value is -2.67. The molecule has 0 aliphatic heterocycles. The molecule has 0 aliphatic carbocycles. The van der Waals surface area contributed by atoms with Crippen molar-refractivity contribution in [2.24, 2.45) is 0 Å². The molecule has 0 fully saturated rings. The lowest BCUT2D eigenvalue weighted by molar-refractivity contribution is 0.0383. The van der Waals surface area contributed by atoms with Crippen LogP contribution in [0.4, 0.5) is 5.00 Å². The maximum absolute atomic E-state index is 12.7. The lowest BCUT2D eigenvalue weighted by atomic mass is 10.1. The van der Waals surface area contributed by atoms with Gasteiger partial charge >= 0.3 is 11.9 Å². The van der Waals surface area contributed by atoms with Gasteiger partial charge in [-0.05, 0) is 51.8 Å². The van der Waals surface area contributed by atoms with Crippen molar-refractivity contribution in [1.29, 1.82) is 0 Å². The van der Waals surface area contributed by atoms with Gasteiger partial charge in [0.15, 0.2) is 0 Å². The molecule has 0 radical (unpaired) electrons. The van der Waals surface area contributed by atoms with Gasteiger partial charge in [-0.3, -0.25) is 4.79 Å². The molecule has 0 unspecified atom stereocenters. The summed E-state index contributed by atoms with van der Waals surface area (Å²) in [6.07, 6.45) is -0.296. The third-order valence-corrected chi connectivity index (χ3v) is 4.96. The molecule has 1 aromatic carbocycles. The molecule has 0 saturated carbocycles. The number of esters is 2. The molecule has 1 aromatic heterocycles. The first-order chi connectivity index (χ1) is 12.8. The summed E-state index contributed by atoms with van der Waals surface area (Å²) in [5, 5.41) is 3.02. The number of amides is 1. The van der Waals surface area contributed by atoms with Gasteiger partial charge in [-0.15, -0.1) is 11.3 Å². The van der Waals surface area contributed by atoms with Crippen molar-refractivity contribution in [2.75, 3.05) is 11.9 Å². The van der Waals surface area contributed by atoms with E-state index in [9.17, 15) is 14.4 Å². The number of aryl methyl sites for hydroxylation is 1. The fourth-order valence-electron chi connectivity index (χ4n) is 2.51. The van der Waals surface area contributed by atoms with Crippen molar-refractivity contribution in [3.05, 3.63) is 51.4 Å². The van der Waals surface area contributed by atoms with E-state index < -0.39 is 11.9 Å². The molecule has 0 bridgehead atoms. The Kier molecular flexibility index (Phi) is 6.74. The second kappa shape index (κ2) is 8.81. The van der Waals surface area contributed by atoms with Crippen molar-refractivity contribution < 1.29 is 23.9 Å². The Bertz CT molecular complexity index is 869. The maximum atomic E-state index is 12.7.